The Balaban J connectivity index is 1.48. The van der Waals surface area contributed by atoms with Gasteiger partial charge >= 0.3 is 0 Å². The van der Waals surface area contributed by atoms with Gasteiger partial charge in [-0.15, -0.1) is 0 Å². The minimum atomic E-state index is -0.337. The van der Waals surface area contributed by atoms with E-state index in [1.54, 1.807) is 25.5 Å². The maximum atomic E-state index is 13.3. The van der Waals surface area contributed by atoms with Crippen molar-refractivity contribution in [3.8, 4) is 5.75 Å². The first-order valence-electron chi connectivity index (χ1n) is 11.3. The molecule has 0 aliphatic heterocycles. The van der Waals surface area contributed by atoms with Gasteiger partial charge in [-0.25, -0.2) is 9.97 Å². The fraction of sp³-hybridized carbons (Fsp3) is 0.111. The number of carbonyl (C=O) groups excluding carboxylic acids is 1. The van der Waals surface area contributed by atoms with Crippen LogP contribution in [-0.2, 0) is 6.42 Å². The summed E-state index contributed by atoms with van der Waals surface area (Å²) in [6.07, 6.45) is 2.28. The van der Waals surface area contributed by atoms with Crippen LogP contribution >= 0.6 is 11.6 Å². The summed E-state index contributed by atoms with van der Waals surface area (Å²) in [6, 6.07) is 22.4. The Labute approximate surface area is 212 Å². The van der Waals surface area contributed by atoms with E-state index in [4.69, 9.17) is 32.0 Å². The second-order valence-corrected chi connectivity index (χ2v) is 8.54. The van der Waals surface area contributed by atoms with Crippen molar-refractivity contribution in [1.82, 2.24) is 20.0 Å². The zero-order valence-corrected chi connectivity index (χ0v) is 20.2. The number of amides is 1. The number of hydrogen-bond acceptors (Lipinski definition) is 6. The lowest BCUT2D eigenvalue weighted by molar-refractivity contribution is 0.0956. The molecule has 3 aromatic carbocycles. The lowest BCUT2D eigenvalue weighted by Gasteiger charge is -2.06. The summed E-state index contributed by atoms with van der Waals surface area (Å²) in [6.45, 7) is 0.423. The van der Waals surface area contributed by atoms with E-state index in [0.29, 0.717) is 40.2 Å². The molecule has 0 aliphatic carbocycles. The van der Waals surface area contributed by atoms with Crippen molar-refractivity contribution in [2.45, 2.75) is 6.42 Å². The van der Waals surface area contributed by atoms with E-state index in [9.17, 15) is 4.79 Å². The molecule has 8 nitrogen and oxygen atoms in total. The molecule has 3 N–H and O–H groups in total. The molecule has 180 valence electrons. The zero-order chi connectivity index (χ0) is 25.1. The lowest BCUT2D eigenvalue weighted by Crippen LogP contribution is -2.26. The van der Waals surface area contributed by atoms with Gasteiger partial charge in [0.25, 0.3) is 5.91 Å². The van der Waals surface area contributed by atoms with E-state index >= 15 is 0 Å². The van der Waals surface area contributed by atoms with Crippen LogP contribution in [0.5, 0.6) is 5.75 Å². The number of nitrogens with one attached hydrogen (secondary N) is 1. The first-order chi connectivity index (χ1) is 17.5. The van der Waals surface area contributed by atoms with Gasteiger partial charge in [-0.05, 0) is 53.9 Å². The molecule has 0 aliphatic rings. The molecule has 0 saturated carbocycles. The summed E-state index contributed by atoms with van der Waals surface area (Å²) in [5, 5.41) is 8.10. The number of nitrogens with zero attached hydrogens (tertiary/aromatic N) is 4. The summed E-state index contributed by atoms with van der Waals surface area (Å²) in [7, 11) is 1.63. The van der Waals surface area contributed by atoms with E-state index in [1.807, 2.05) is 60.7 Å². The van der Waals surface area contributed by atoms with Crippen LogP contribution in [0.1, 0.15) is 21.5 Å². The fourth-order valence-corrected chi connectivity index (χ4v) is 3.99. The number of fused-ring (bicyclic) bond motifs is 2. The number of carbonyl (C=O) groups is 1. The number of nitrogens with two attached hydrogens (primary N) is 1. The predicted molar refractivity (Wildman–Crippen MR) is 143 cm³/mol. The maximum Gasteiger partial charge on any atom is 0.257 e. The molecule has 5 rings (SSSR count). The molecule has 0 bridgehead atoms. The fourth-order valence-electron chi connectivity index (χ4n) is 3.86. The third kappa shape index (κ3) is 4.71. The molecule has 2 heterocycles. The van der Waals surface area contributed by atoms with Gasteiger partial charge in [-0.3, -0.25) is 4.79 Å². The summed E-state index contributed by atoms with van der Waals surface area (Å²) >= 11 is 5.98. The molecule has 0 spiro atoms. The van der Waals surface area contributed by atoms with Gasteiger partial charge in [0.1, 0.15) is 22.6 Å². The Hall–Kier alpha value is -4.43. The smallest absolute Gasteiger partial charge is 0.257 e. The maximum absolute atomic E-state index is 13.3. The van der Waals surface area contributed by atoms with E-state index in [-0.39, 0.29) is 17.3 Å². The van der Waals surface area contributed by atoms with E-state index in [1.165, 1.54) is 4.68 Å². The van der Waals surface area contributed by atoms with Crippen LogP contribution in [0.3, 0.4) is 0 Å². The molecule has 0 atom stereocenters. The number of hydrogen-bond donors (Lipinski definition) is 2. The second kappa shape index (κ2) is 10.1. The number of rotatable bonds is 7. The van der Waals surface area contributed by atoms with Crippen molar-refractivity contribution in [3.05, 3.63) is 94.5 Å². The van der Waals surface area contributed by atoms with E-state index < -0.39 is 0 Å². The van der Waals surface area contributed by atoms with Crippen LogP contribution in [0.4, 0.5) is 5.82 Å². The SMILES string of the molecule is COc1ccc(CCNC(=O)c2c(N)n(N=Cc3ccc(Cl)cc3)c3nc4ccccc4nc23)cc1. The molecule has 9 heteroatoms. The average Bonchev–Trinajstić information content (AvgIpc) is 3.17. The Morgan fingerprint density at radius 3 is 2.44 bits per heavy atom. The molecular weight excluding hydrogens is 476 g/mol. The number of methoxy groups -OCH3 is 1. The zero-order valence-electron chi connectivity index (χ0n) is 19.5. The molecule has 0 radical (unpaired) electrons. The predicted octanol–water partition coefficient (Wildman–Crippen LogP) is 4.68. The van der Waals surface area contributed by atoms with Crippen molar-refractivity contribution in [3.63, 3.8) is 0 Å². The number of nitrogen functional groups attached to an aromatic ring is 1. The van der Waals surface area contributed by atoms with Crippen LogP contribution in [-0.4, -0.2) is 40.4 Å². The number of ether oxygens (including phenoxy) is 1. The van der Waals surface area contributed by atoms with Gasteiger partial charge < -0.3 is 15.8 Å². The highest BCUT2D eigenvalue weighted by Crippen LogP contribution is 2.28. The monoisotopic (exact) mass is 498 g/mol. The third-order valence-corrected chi connectivity index (χ3v) is 6.00. The highest BCUT2D eigenvalue weighted by atomic mass is 35.5. The first-order valence-corrected chi connectivity index (χ1v) is 11.7. The summed E-state index contributed by atoms with van der Waals surface area (Å²) in [5.41, 5.74) is 10.7. The van der Waals surface area contributed by atoms with Gasteiger partial charge in [0, 0.05) is 11.6 Å². The van der Waals surface area contributed by atoms with Crippen molar-refractivity contribution < 1.29 is 9.53 Å². The number of halogens is 1. The van der Waals surface area contributed by atoms with Crippen LogP contribution < -0.4 is 15.8 Å². The van der Waals surface area contributed by atoms with Crippen molar-refractivity contribution in [2.24, 2.45) is 5.10 Å². The highest BCUT2D eigenvalue weighted by molar-refractivity contribution is 6.30. The Bertz CT molecular complexity index is 1580. The topological polar surface area (TPSA) is 107 Å². The molecule has 36 heavy (non-hydrogen) atoms. The Morgan fingerprint density at radius 1 is 1.06 bits per heavy atom. The van der Waals surface area contributed by atoms with Crippen molar-refractivity contribution in [2.75, 3.05) is 19.4 Å². The van der Waals surface area contributed by atoms with Gasteiger partial charge in [0.2, 0.25) is 0 Å². The van der Waals surface area contributed by atoms with E-state index in [0.717, 1.165) is 16.9 Å². The number of aromatic nitrogens is 3. The standard InChI is InChI=1S/C27H23ClN6O2/c1-36-20-12-8-17(9-13-20)14-15-30-27(35)23-24-26(33-22-5-3-2-4-21(22)32-24)34(25(23)29)31-16-18-6-10-19(28)11-7-18/h2-13,16H,14-15,29H2,1H3,(H,30,35). The Morgan fingerprint density at radius 2 is 1.75 bits per heavy atom. The molecule has 0 unspecified atom stereocenters. The van der Waals surface area contributed by atoms with Gasteiger partial charge in [0.05, 0.1) is 24.4 Å². The quantitative estimate of drug-likeness (QED) is 0.317. The van der Waals surface area contributed by atoms with Crippen molar-refractivity contribution in [1.29, 1.82) is 0 Å². The molecule has 0 fully saturated rings. The van der Waals surface area contributed by atoms with Crippen LogP contribution in [0.25, 0.3) is 22.2 Å². The van der Waals surface area contributed by atoms with Crippen LogP contribution in [0.15, 0.2) is 77.9 Å². The minimum absolute atomic E-state index is 0.160. The van der Waals surface area contributed by atoms with E-state index in [2.05, 4.69) is 10.4 Å². The number of para-hydroxylation sites is 2. The average molecular weight is 499 g/mol. The second-order valence-electron chi connectivity index (χ2n) is 8.11. The molecule has 0 saturated heterocycles. The minimum Gasteiger partial charge on any atom is -0.497 e. The van der Waals surface area contributed by atoms with Gasteiger partial charge in [0.15, 0.2) is 5.65 Å². The number of anilines is 1. The largest absolute Gasteiger partial charge is 0.497 e. The van der Waals surface area contributed by atoms with Crippen LogP contribution in [0.2, 0.25) is 5.02 Å². The normalized spacial score (nSPS) is 11.4. The summed E-state index contributed by atoms with van der Waals surface area (Å²) in [5.74, 6) is 0.608. The van der Waals surface area contributed by atoms with Gasteiger partial charge in [-0.2, -0.15) is 9.78 Å². The lowest BCUT2D eigenvalue weighted by atomic mass is 10.1. The Kier molecular flexibility index (Phi) is 6.51. The summed E-state index contributed by atoms with van der Waals surface area (Å²) < 4.78 is 6.64. The highest BCUT2D eigenvalue weighted by Gasteiger charge is 2.24. The summed E-state index contributed by atoms with van der Waals surface area (Å²) in [4.78, 5) is 22.7. The molecule has 1 amide bonds. The van der Waals surface area contributed by atoms with Crippen LogP contribution in [0, 0.1) is 0 Å². The third-order valence-electron chi connectivity index (χ3n) is 5.75. The van der Waals surface area contributed by atoms with Gasteiger partial charge in [-0.1, -0.05) is 48.0 Å². The molecule has 2 aromatic heterocycles. The first kappa shape index (κ1) is 23.3. The molecular formula is C27H23ClN6O2. The number of benzene rings is 3. The van der Waals surface area contributed by atoms with Crippen molar-refractivity contribution >= 4 is 51.7 Å². The molecule has 5 aromatic rings.